The lowest BCUT2D eigenvalue weighted by molar-refractivity contribution is -0.129. The maximum absolute atomic E-state index is 13.3. The van der Waals surface area contributed by atoms with E-state index < -0.39 is 16.1 Å². The minimum atomic E-state index is -4.09. The first kappa shape index (κ1) is 19.9. The van der Waals surface area contributed by atoms with Crippen molar-refractivity contribution >= 4 is 33.3 Å². The van der Waals surface area contributed by atoms with Gasteiger partial charge < -0.3 is 4.90 Å². The number of carbonyl (C=O) groups is 2. The number of nitrogens with zero attached hydrogens (tertiary/aromatic N) is 3. The molecule has 8 heteroatoms. The topological polar surface area (TPSA) is 78.0 Å². The van der Waals surface area contributed by atoms with Gasteiger partial charge in [-0.1, -0.05) is 30.3 Å². The molecule has 0 spiro atoms. The third-order valence-corrected chi connectivity index (χ3v) is 6.56. The van der Waals surface area contributed by atoms with Crippen LogP contribution in [-0.2, 0) is 14.8 Å². The number of likely N-dealkylation sites (N-methyl/N-ethyl adjacent to an activating group) is 1. The molecule has 0 fully saturated rings. The van der Waals surface area contributed by atoms with Gasteiger partial charge in [-0.15, -0.1) is 0 Å². The molecule has 2 aromatic rings. The molecule has 0 saturated heterocycles. The summed E-state index contributed by atoms with van der Waals surface area (Å²) in [5, 5.41) is 0. The van der Waals surface area contributed by atoms with E-state index >= 15 is 0 Å². The minimum Gasteiger partial charge on any atom is -0.342 e. The lowest BCUT2D eigenvalue weighted by Crippen LogP contribution is -2.54. The number of urea groups is 1. The molecule has 0 N–H and O–H groups in total. The summed E-state index contributed by atoms with van der Waals surface area (Å²) in [6.45, 7) is 6.26. The monoisotopic (exact) mass is 401 g/mol. The second-order valence-electron chi connectivity index (χ2n) is 6.46. The summed E-state index contributed by atoms with van der Waals surface area (Å²) in [5.41, 5.74) is 1.15. The van der Waals surface area contributed by atoms with Crippen molar-refractivity contribution in [1.29, 1.82) is 0 Å². The van der Waals surface area contributed by atoms with Crippen LogP contribution in [0.15, 0.2) is 53.4 Å². The van der Waals surface area contributed by atoms with Crippen molar-refractivity contribution in [3.8, 4) is 0 Å². The molecule has 7 nitrogen and oxygen atoms in total. The molecule has 0 aliphatic carbocycles. The highest BCUT2D eigenvalue weighted by atomic mass is 32.2. The fourth-order valence-corrected chi connectivity index (χ4v) is 4.96. The molecular weight excluding hydrogens is 378 g/mol. The molecule has 0 aromatic heterocycles. The van der Waals surface area contributed by atoms with E-state index in [-0.39, 0.29) is 28.7 Å². The van der Waals surface area contributed by atoms with Crippen LogP contribution in [0.5, 0.6) is 0 Å². The molecule has 148 valence electrons. The number of para-hydroxylation sites is 2. The van der Waals surface area contributed by atoms with E-state index in [4.69, 9.17) is 0 Å². The highest BCUT2D eigenvalue weighted by molar-refractivity contribution is 7.94. The SMILES string of the molecule is CCN(CC)C(=O)CN1C(=O)N(c2ccccc2C)S(=O)(=O)c2ccccc21. The molecule has 3 amide bonds. The molecule has 3 rings (SSSR count). The number of hydrogen-bond donors (Lipinski definition) is 0. The van der Waals surface area contributed by atoms with Crippen molar-refractivity contribution in [2.75, 3.05) is 28.8 Å². The first-order valence-corrected chi connectivity index (χ1v) is 10.6. The molecule has 0 atom stereocenters. The molecule has 0 saturated carbocycles. The highest BCUT2D eigenvalue weighted by Gasteiger charge is 2.43. The van der Waals surface area contributed by atoms with E-state index in [1.807, 2.05) is 13.8 Å². The predicted octanol–water partition coefficient (Wildman–Crippen LogP) is 3.00. The summed E-state index contributed by atoms with van der Waals surface area (Å²) in [6, 6.07) is 12.3. The number of sulfonamides is 1. The Labute approximate surface area is 165 Å². The normalized spacial score (nSPS) is 15.3. The molecule has 0 unspecified atom stereocenters. The second-order valence-corrected chi connectivity index (χ2v) is 8.21. The lowest BCUT2D eigenvalue weighted by Gasteiger charge is -2.37. The average molecular weight is 401 g/mol. The highest BCUT2D eigenvalue weighted by Crippen LogP contribution is 2.38. The molecule has 0 radical (unpaired) electrons. The Bertz CT molecular complexity index is 1020. The van der Waals surface area contributed by atoms with Crippen LogP contribution in [0, 0.1) is 6.92 Å². The van der Waals surface area contributed by atoms with Crippen molar-refractivity contribution in [2.45, 2.75) is 25.7 Å². The van der Waals surface area contributed by atoms with E-state index in [9.17, 15) is 18.0 Å². The van der Waals surface area contributed by atoms with E-state index in [1.165, 1.54) is 11.0 Å². The van der Waals surface area contributed by atoms with Crippen molar-refractivity contribution in [3.05, 3.63) is 54.1 Å². The van der Waals surface area contributed by atoms with E-state index in [1.54, 1.807) is 54.3 Å². The van der Waals surface area contributed by atoms with Crippen LogP contribution >= 0.6 is 0 Å². The quantitative estimate of drug-likeness (QED) is 0.772. The summed E-state index contributed by atoms with van der Waals surface area (Å²) >= 11 is 0. The number of fused-ring (bicyclic) bond motifs is 1. The number of rotatable bonds is 5. The van der Waals surface area contributed by atoms with Gasteiger partial charge in [0.15, 0.2) is 0 Å². The first-order valence-electron chi connectivity index (χ1n) is 9.12. The first-order chi connectivity index (χ1) is 13.3. The van der Waals surface area contributed by atoms with Gasteiger partial charge in [-0.2, -0.15) is 4.31 Å². The summed E-state index contributed by atoms with van der Waals surface area (Å²) < 4.78 is 27.2. The largest absolute Gasteiger partial charge is 0.343 e. The molecule has 28 heavy (non-hydrogen) atoms. The Kier molecular flexibility index (Phi) is 5.42. The van der Waals surface area contributed by atoms with Gasteiger partial charge in [0.1, 0.15) is 11.4 Å². The predicted molar refractivity (Wildman–Crippen MR) is 108 cm³/mol. The number of amides is 3. The van der Waals surface area contributed by atoms with Gasteiger partial charge in [0.2, 0.25) is 5.91 Å². The zero-order valence-electron chi connectivity index (χ0n) is 16.1. The summed E-state index contributed by atoms with van der Waals surface area (Å²) in [5.74, 6) is -0.239. The number of carbonyl (C=O) groups excluding carboxylic acids is 2. The zero-order valence-corrected chi connectivity index (χ0v) is 16.9. The fraction of sp³-hybridized carbons (Fsp3) is 0.300. The Balaban J connectivity index is 2.15. The average Bonchev–Trinajstić information content (AvgIpc) is 2.67. The Morgan fingerprint density at radius 3 is 2.14 bits per heavy atom. The van der Waals surface area contributed by atoms with Gasteiger partial charge in [0, 0.05) is 13.1 Å². The summed E-state index contributed by atoms with van der Waals surface area (Å²) in [4.78, 5) is 28.8. The van der Waals surface area contributed by atoms with Crippen molar-refractivity contribution < 1.29 is 18.0 Å². The van der Waals surface area contributed by atoms with Gasteiger partial charge in [0.05, 0.1) is 11.4 Å². The Morgan fingerprint density at radius 2 is 1.54 bits per heavy atom. The van der Waals surface area contributed by atoms with Crippen LogP contribution in [-0.4, -0.2) is 44.9 Å². The van der Waals surface area contributed by atoms with Crippen molar-refractivity contribution in [3.63, 3.8) is 0 Å². The minimum absolute atomic E-state index is 0.00481. The van der Waals surface area contributed by atoms with Crippen molar-refractivity contribution in [2.24, 2.45) is 0 Å². The molecular formula is C20H23N3O4S. The van der Waals surface area contributed by atoms with E-state index in [2.05, 4.69) is 0 Å². The zero-order chi connectivity index (χ0) is 20.5. The molecule has 1 heterocycles. The van der Waals surface area contributed by atoms with Crippen LogP contribution in [0.3, 0.4) is 0 Å². The van der Waals surface area contributed by atoms with Gasteiger partial charge in [0.25, 0.3) is 10.0 Å². The summed E-state index contributed by atoms with van der Waals surface area (Å²) in [6.07, 6.45) is 0. The van der Waals surface area contributed by atoms with Gasteiger partial charge in [-0.05, 0) is 44.5 Å². The molecule has 0 bridgehead atoms. The second kappa shape index (κ2) is 7.63. The number of hydrogen-bond acceptors (Lipinski definition) is 4. The van der Waals surface area contributed by atoms with Crippen LogP contribution in [0.1, 0.15) is 19.4 Å². The molecule has 1 aliphatic rings. The van der Waals surface area contributed by atoms with Crippen LogP contribution in [0.25, 0.3) is 0 Å². The van der Waals surface area contributed by atoms with Gasteiger partial charge in [-0.25, -0.2) is 13.2 Å². The number of aryl methyl sites for hydroxylation is 1. The smallest absolute Gasteiger partial charge is 0.342 e. The Morgan fingerprint density at radius 1 is 0.964 bits per heavy atom. The van der Waals surface area contributed by atoms with Crippen LogP contribution in [0.4, 0.5) is 16.2 Å². The van der Waals surface area contributed by atoms with Crippen LogP contribution < -0.4 is 9.21 Å². The molecule has 1 aliphatic heterocycles. The van der Waals surface area contributed by atoms with E-state index in [0.29, 0.717) is 18.7 Å². The van der Waals surface area contributed by atoms with Crippen LogP contribution in [0.2, 0.25) is 0 Å². The number of anilines is 2. The maximum atomic E-state index is 13.3. The number of benzene rings is 2. The maximum Gasteiger partial charge on any atom is 0.343 e. The summed E-state index contributed by atoms with van der Waals surface area (Å²) in [7, 11) is -4.09. The van der Waals surface area contributed by atoms with Gasteiger partial charge in [-0.3, -0.25) is 9.69 Å². The van der Waals surface area contributed by atoms with E-state index in [0.717, 1.165) is 4.31 Å². The lowest BCUT2D eigenvalue weighted by atomic mass is 10.2. The third-order valence-electron chi connectivity index (χ3n) is 4.82. The van der Waals surface area contributed by atoms with Crippen molar-refractivity contribution in [1.82, 2.24) is 4.90 Å². The fourth-order valence-electron chi connectivity index (χ4n) is 3.30. The Hall–Kier alpha value is -2.87. The van der Waals surface area contributed by atoms with Gasteiger partial charge >= 0.3 is 6.03 Å². The standard InChI is InChI=1S/C20H23N3O4S/c1-4-21(5-2)19(24)14-22-17-12-8-9-13-18(17)28(26,27)23(20(22)25)16-11-7-6-10-15(16)3/h6-13H,4-5,14H2,1-3H3. The third kappa shape index (κ3) is 3.24. The molecule has 2 aromatic carbocycles.